The van der Waals surface area contributed by atoms with Crippen molar-refractivity contribution in [2.24, 2.45) is 0 Å². The lowest BCUT2D eigenvalue weighted by Crippen LogP contribution is -2.52. The highest BCUT2D eigenvalue weighted by molar-refractivity contribution is 6.06. The average molecular weight is 403 g/mol. The number of benzene rings is 1. The fourth-order valence-corrected chi connectivity index (χ4v) is 3.52. The smallest absolute Gasteiger partial charge is 0.407 e. The molecule has 3 rings (SSSR count). The Morgan fingerprint density at radius 1 is 1.28 bits per heavy atom. The molecule has 0 aliphatic carbocycles. The standard InChI is InChI=1S/C20H25N3O6/c1-20(2,3)29-19(27)21-9-11-5-6-12-10-23(18(26)15(12)16(11)28-4)13-7-8-14(24)22-17(13)25/h5-6,13H,7-10H2,1-4H3,(H,21,27)(H,22,24,25). The van der Waals surface area contributed by atoms with Crippen LogP contribution in [0.15, 0.2) is 12.1 Å². The van der Waals surface area contributed by atoms with E-state index >= 15 is 0 Å². The zero-order valence-electron chi connectivity index (χ0n) is 17.0. The third kappa shape index (κ3) is 4.33. The molecule has 9 heteroatoms. The first-order valence-corrected chi connectivity index (χ1v) is 9.41. The topological polar surface area (TPSA) is 114 Å². The first kappa shape index (κ1) is 20.6. The fourth-order valence-electron chi connectivity index (χ4n) is 3.52. The SMILES string of the molecule is COc1c(CNC(=O)OC(C)(C)C)ccc2c1C(=O)N(C1CCC(=O)NC1=O)C2. The van der Waals surface area contributed by atoms with Gasteiger partial charge in [-0.25, -0.2) is 4.79 Å². The predicted molar refractivity (Wildman–Crippen MR) is 102 cm³/mol. The number of carbonyl (C=O) groups is 4. The van der Waals surface area contributed by atoms with Gasteiger partial charge < -0.3 is 19.7 Å². The van der Waals surface area contributed by atoms with Crippen molar-refractivity contribution in [3.63, 3.8) is 0 Å². The quantitative estimate of drug-likeness (QED) is 0.736. The van der Waals surface area contributed by atoms with E-state index in [4.69, 9.17) is 9.47 Å². The molecule has 2 aliphatic heterocycles. The largest absolute Gasteiger partial charge is 0.496 e. The Balaban J connectivity index is 1.79. The van der Waals surface area contributed by atoms with Crippen molar-refractivity contribution >= 4 is 23.8 Å². The van der Waals surface area contributed by atoms with E-state index in [0.29, 0.717) is 23.3 Å². The Bertz CT molecular complexity index is 874. The Labute approximate surface area is 168 Å². The van der Waals surface area contributed by atoms with Gasteiger partial charge in [-0.15, -0.1) is 0 Å². The van der Waals surface area contributed by atoms with Gasteiger partial charge in [-0.3, -0.25) is 19.7 Å². The number of methoxy groups -OCH3 is 1. The molecule has 1 unspecified atom stereocenters. The van der Waals surface area contributed by atoms with Crippen molar-refractivity contribution in [1.82, 2.24) is 15.5 Å². The number of rotatable bonds is 4. The van der Waals surface area contributed by atoms with Crippen LogP contribution in [-0.4, -0.2) is 47.5 Å². The van der Waals surface area contributed by atoms with Gasteiger partial charge in [-0.05, 0) is 32.8 Å². The summed E-state index contributed by atoms with van der Waals surface area (Å²) in [6.07, 6.45) is -0.0880. The van der Waals surface area contributed by atoms with Crippen molar-refractivity contribution in [2.75, 3.05) is 7.11 Å². The third-order valence-corrected chi connectivity index (χ3v) is 4.75. The lowest BCUT2D eigenvalue weighted by atomic mass is 10.0. The van der Waals surface area contributed by atoms with Crippen LogP contribution in [0.1, 0.15) is 55.1 Å². The highest BCUT2D eigenvalue weighted by Gasteiger charge is 2.41. The van der Waals surface area contributed by atoms with E-state index in [1.807, 2.05) is 0 Å². The molecular weight excluding hydrogens is 378 g/mol. The first-order valence-electron chi connectivity index (χ1n) is 9.41. The van der Waals surface area contributed by atoms with Crippen LogP contribution in [0.2, 0.25) is 0 Å². The van der Waals surface area contributed by atoms with Gasteiger partial charge in [0, 0.05) is 25.1 Å². The van der Waals surface area contributed by atoms with Gasteiger partial charge in [-0.2, -0.15) is 0 Å². The Morgan fingerprint density at radius 2 is 2.00 bits per heavy atom. The minimum Gasteiger partial charge on any atom is -0.496 e. The summed E-state index contributed by atoms with van der Waals surface area (Å²) in [6.45, 7) is 5.69. The van der Waals surface area contributed by atoms with Crippen LogP contribution in [0.25, 0.3) is 0 Å². The molecule has 9 nitrogen and oxygen atoms in total. The number of nitrogens with zero attached hydrogens (tertiary/aromatic N) is 1. The Morgan fingerprint density at radius 3 is 2.62 bits per heavy atom. The molecule has 2 heterocycles. The molecule has 0 bridgehead atoms. The van der Waals surface area contributed by atoms with Gasteiger partial charge in [0.05, 0.1) is 12.7 Å². The highest BCUT2D eigenvalue weighted by atomic mass is 16.6. The zero-order chi connectivity index (χ0) is 21.3. The van der Waals surface area contributed by atoms with Crippen molar-refractivity contribution < 1.29 is 28.7 Å². The molecule has 29 heavy (non-hydrogen) atoms. The monoisotopic (exact) mass is 403 g/mol. The average Bonchev–Trinajstić information content (AvgIpc) is 2.95. The molecule has 1 aromatic rings. The summed E-state index contributed by atoms with van der Waals surface area (Å²) >= 11 is 0. The number of carbonyl (C=O) groups excluding carboxylic acids is 4. The van der Waals surface area contributed by atoms with E-state index in [0.717, 1.165) is 5.56 Å². The summed E-state index contributed by atoms with van der Waals surface area (Å²) in [5.41, 5.74) is 1.11. The summed E-state index contributed by atoms with van der Waals surface area (Å²) in [7, 11) is 1.45. The summed E-state index contributed by atoms with van der Waals surface area (Å²) < 4.78 is 10.7. The van der Waals surface area contributed by atoms with E-state index in [-0.39, 0.29) is 31.3 Å². The second-order valence-corrected chi connectivity index (χ2v) is 8.05. The van der Waals surface area contributed by atoms with Crippen LogP contribution in [0.5, 0.6) is 5.75 Å². The number of imide groups is 1. The van der Waals surface area contributed by atoms with Crippen LogP contribution < -0.4 is 15.4 Å². The molecule has 0 aromatic heterocycles. The number of ether oxygens (including phenoxy) is 2. The number of amides is 4. The van der Waals surface area contributed by atoms with Crippen LogP contribution in [0.4, 0.5) is 4.79 Å². The predicted octanol–water partition coefficient (Wildman–Crippen LogP) is 1.48. The second-order valence-electron chi connectivity index (χ2n) is 8.05. The van der Waals surface area contributed by atoms with E-state index in [1.54, 1.807) is 32.9 Å². The molecule has 2 N–H and O–H groups in total. The minimum atomic E-state index is -0.694. The van der Waals surface area contributed by atoms with Crippen LogP contribution >= 0.6 is 0 Å². The number of fused-ring (bicyclic) bond motifs is 1. The summed E-state index contributed by atoms with van der Waals surface area (Å²) in [5.74, 6) is -0.763. The minimum absolute atomic E-state index is 0.122. The summed E-state index contributed by atoms with van der Waals surface area (Å²) in [5, 5.41) is 4.94. The van der Waals surface area contributed by atoms with E-state index in [9.17, 15) is 19.2 Å². The lowest BCUT2D eigenvalue weighted by molar-refractivity contribution is -0.136. The molecule has 1 saturated heterocycles. The number of hydrogen-bond donors (Lipinski definition) is 2. The number of nitrogens with one attached hydrogen (secondary N) is 2. The Kier molecular flexibility index (Phi) is 5.50. The number of hydrogen-bond acceptors (Lipinski definition) is 6. The molecular formula is C20H25N3O6. The normalized spacial score (nSPS) is 19.0. The van der Waals surface area contributed by atoms with Gasteiger partial charge in [0.15, 0.2) is 0 Å². The van der Waals surface area contributed by atoms with Gasteiger partial charge >= 0.3 is 6.09 Å². The van der Waals surface area contributed by atoms with Crippen molar-refractivity contribution in [1.29, 1.82) is 0 Å². The van der Waals surface area contributed by atoms with E-state index in [1.165, 1.54) is 12.0 Å². The molecule has 1 fully saturated rings. The molecule has 156 valence electrons. The van der Waals surface area contributed by atoms with E-state index < -0.39 is 23.6 Å². The Hall–Kier alpha value is -3.10. The molecule has 4 amide bonds. The maximum absolute atomic E-state index is 13.0. The second kappa shape index (κ2) is 7.73. The van der Waals surface area contributed by atoms with Crippen LogP contribution in [0.3, 0.4) is 0 Å². The molecule has 0 saturated carbocycles. The molecule has 0 spiro atoms. The summed E-state index contributed by atoms with van der Waals surface area (Å²) in [6, 6.07) is 2.87. The maximum atomic E-state index is 13.0. The molecule has 2 aliphatic rings. The lowest BCUT2D eigenvalue weighted by Gasteiger charge is -2.29. The fraction of sp³-hybridized carbons (Fsp3) is 0.500. The molecule has 1 aromatic carbocycles. The van der Waals surface area contributed by atoms with Gasteiger partial charge in [0.25, 0.3) is 5.91 Å². The molecule has 1 atom stereocenters. The molecule has 0 radical (unpaired) electrons. The summed E-state index contributed by atoms with van der Waals surface area (Å²) in [4.78, 5) is 50.0. The van der Waals surface area contributed by atoms with Gasteiger partial charge in [-0.1, -0.05) is 12.1 Å². The highest BCUT2D eigenvalue weighted by Crippen LogP contribution is 2.36. The van der Waals surface area contributed by atoms with Crippen molar-refractivity contribution in [3.05, 3.63) is 28.8 Å². The maximum Gasteiger partial charge on any atom is 0.407 e. The number of alkyl carbamates (subject to hydrolysis) is 1. The van der Waals surface area contributed by atoms with Crippen LogP contribution in [0, 0.1) is 0 Å². The van der Waals surface area contributed by atoms with Gasteiger partial charge in [0.2, 0.25) is 11.8 Å². The van der Waals surface area contributed by atoms with Crippen molar-refractivity contribution in [2.45, 2.75) is 58.3 Å². The zero-order valence-corrected chi connectivity index (χ0v) is 17.0. The van der Waals surface area contributed by atoms with Gasteiger partial charge in [0.1, 0.15) is 17.4 Å². The van der Waals surface area contributed by atoms with Crippen LogP contribution in [-0.2, 0) is 27.4 Å². The number of piperidine rings is 1. The first-order chi connectivity index (χ1) is 13.6. The van der Waals surface area contributed by atoms with E-state index in [2.05, 4.69) is 10.6 Å². The third-order valence-electron chi connectivity index (χ3n) is 4.75. The van der Waals surface area contributed by atoms with Crippen molar-refractivity contribution in [3.8, 4) is 5.75 Å².